The van der Waals surface area contributed by atoms with Crippen molar-refractivity contribution < 1.29 is 4.39 Å². The van der Waals surface area contributed by atoms with E-state index in [0.717, 1.165) is 32.4 Å². The first-order valence-corrected chi connectivity index (χ1v) is 8.19. The second-order valence-corrected chi connectivity index (χ2v) is 6.40. The quantitative estimate of drug-likeness (QED) is 0.574. The van der Waals surface area contributed by atoms with Gasteiger partial charge in [-0.1, -0.05) is 15.9 Å². The Hall–Kier alpha value is -0.760. The Morgan fingerprint density at radius 2 is 2.14 bits per heavy atom. The minimum absolute atomic E-state index is 0.215. The number of aromatic nitrogens is 2. The molecular weight excluding hydrogens is 403 g/mol. The SMILES string of the molecule is CCn1nc(C)c(Br)c1CC(NN)c1cc(F)ccc1Br. The zero-order valence-electron chi connectivity index (χ0n) is 11.8. The number of hydrazine groups is 1. The van der Waals surface area contributed by atoms with Gasteiger partial charge in [0.25, 0.3) is 0 Å². The molecule has 1 aromatic heterocycles. The molecule has 0 aliphatic carbocycles. The van der Waals surface area contributed by atoms with Crippen LogP contribution in [-0.2, 0) is 13.0 Å². The van der Waals surface area contributed by atoms with Crippen molar-refractivity contribution in [3.8, 4) is 0 Å². The van der Waals surface area contributed by atoms with Gasteiger partial charge in [-0.2, -0.15) is 5.10 Å². The summed E-state index contributed by atoms with van der Waals surface area (Å²) in [6, 6.07) is 4.37. The van der Waals surface area contributed by atoms with Crippen LogP contribution in [0.5, 0.6) is 0 Å². The van der Waals surface area contributed by atoms with Gasteiger partial charge in [-0.15, -0.1) is 0 Å². The number of hydrogen-bond acceptors (Lipinski definition) is 3. The first-order chi connectivity index (χ1) is 9.97. The Labute approximate surface area is 140 Å². The summed E-state index contributed by atoms with van der Waals surface area (Å²) in [6.45, 7) is 4.75. The van der Waals surface area contributed by atoms with E-state index in [-0.39, 0.29) is 11.9 Å². The van der Waals surface area contributed by atoms with Gasteiger partial charge in [0.05, 0.1) is 21.9 Å². The molecule has 3 N–H and O–H groups in total. The topological polar surface area (TPSA) is 55.9 Å². The Morgan fingerprint density at radius 1 is 1.43 bits per heavy atom. The summed E-state index contributed by atoms with van der Waals surface area (Å²) < 4.78 is 17.2. The first-order valence-electron chi connectivity index (χ1n) is 6.60. The molecule has 2 aromatic rings. The number of benzene rings is 1. The van der Waals surface area contributed by atoms with Gasteiger partial charge in [-0.3, -0.25) is 16.0 Å². The summed E-state index contributed by atoms with van der Waals surface area (Å²) in [5, 5.41) is 4.47. The van der Waals surface area contributed by atoms with E-state index in [1.54, 1.807) is 6.07 Å². The second-order valence-electron chi connectivity index (χ2n) is 4.75. The van der Waals surface area contributed by atoms with E-state index in [0.29, 0.717) is 6.42 Å². The van der Waals surface area contributed by atoms with Gasteiger partial charge in [-0.25, -0.2) is 4.39 Å². The number of nitrogens with zero attached hydrogens (tertiary/aromatic N) is 2. The van der Waals surface area contributed by atoms with E-state index in [2.05, 4.69) is 42.4 Å². The molecule has 0 fully saturated rings. The molecule has 1 heterocycles. The van der Waals surface area contributed by atoms with Gasteiger partial charge in [0.1, 0.15) is 5.82 Å². The molecule has 4 nitrogen and oxygen atoms in total. The summed E-state index contributed by atoms with van der Waals surface area (Å²) in [6.07, 6.45) is 0.605. The molecule has 0 aliphatic heterocycles. The van der Waals surface area contributed by atoms with Crippen LogP contribution in [0, 0.1) is 12.7 Å². The Morgan fingerprint density at radius 3 is 2.76 bits per heavy atom. The van der Waals surface area contributed by atoms with Crippen molar-refractivity contribution in [2.24, 2.45) is 5.84 Å². The van der Waals surface area contributed by atoms with Crippen LogP contribution in [0.4, 0.5) is 4.39 Å². The van der Waals surface area contributed by atoms with Crippen molar-refractivity contribution in [1.29, 1.82) is 0 Å². The fraction of sp³-hybridized carbons (Fsp3) is 0.357. The number of nitrogens with one attached hydrogen (secondary N) is 1. The fourth-order valence-corrected chi connectivity index (χ4v) is 3.27. The van der Waals surface area contributed by atoms with E-state index in [1.165, 1.54) is 12.1 Å². The Balaban J connectivity index is 2.38. The zero-order valence-corrected chi connectivity index (χ0v) is 15.0. The summed E-state index contributed by atoms with van der Waals surface area (Å²) in [4.78, 5) is 0. The normalized spacial score (nSPS) is 12.7. The summed E-state index contributed by atoms with van der Waals surface area (Å²) in [5.41, 5.74) is 5.51. The highest BCUT2D eigenvalue weighted by Crippen LogP contribution is 2.30. The van der Waals surface area contributed by atoms with Gasteiger partial charge in [-0.05, 0) is 53.5 Å². The van der Waals surface area contributed by atoms with E-state index in [1.807, 2.05) is 18.5 Å². The number of nitrogens with two attached hydrogens (primary N) is 1. The molecule has 114 valence electrons. The molecule has 0 bridgehead atoms. The lowest BCUT2D eigenvalue weighted by Crippen LogP contribution is -2.30. The van der Waals surface area contributed by atoms with Crippen LogP contribution in [0.3, 0.4) is 0 Å². The summed E-state index contributed by atoms with van der Waals surface area (Å²) >= 11 is 7.02. The minimum Gasteiger partial charge on any atom is -0.271 e. The summed E-state index contributed by atoms with van der Waals surface area (Å²) in [7, 11) is 0. The predicted octanol–water partition coefficient (Wildman–Crippen LogP) is 3.62. The maximum Gasteiger partial charge on any atom is 0.123 e. The lowest BCUT2D eigenvalue weighted by Gasteiger charge is -2.19. The van der Waals surface area contributed by atoms with Crippen molar-refractivity contribution in [2.45, 2.75) is 32.9 Å². The molecule has 2 rings (SSSR count). The average molecular weight is 420 g/mol. The third-order valence-corrected chi connectivity index (χ3v) is 5.14. The Kier molecular flexibility index (Phi) is 5.54. The predicted molar refractivity (Wildman–Crippen MR) is 88.2 cm³/mol. The fourth-order valence-electron chi connectivity index (χ4n) is 2.30. The molecule has 0 spiro atoms. The number of rotatable bonds is 5. The number of halogens is 3. The molecule has 7 heteroatoms. The minimum atomic E-state index is -0.285. The lowest BCUT2D eigenvalue weighted by atomic mass is 10.0. The highest BCUT2D eigenvalue weighted by atomic mass is 79.9. The molecule has 1 atom stereocenters. The second kappa shape index (κ2) is 7.00. The maximum absolute atomic E-state index is 13.5. The van der Waals surface area contributed by atoms with Gasteiger partial charge in [0.15, 0.2) is 0 Å². The van der Waals surface area contributed by atoms with Crippen LogP contribution in [-0.4, -0.2) is 9.78 Å². The van der Waals surface area contributed by atoms with Crippen molar-refractivity contribution in [1.82, 2.24) is 15.2 Å². The molecule has 21 heavy (non-hydrogen) atoms. The van der Waals surface area contributed by atoms with E-state index in [9.17, 15) is 4.39 Å². The van der Waals surface area contributed by atoms with Gasteiger partial charge >= 0.3 is 0 Å². The molecule has 0 saturated heterocycles. The van der Waals surface area contributed by atoms with Crippen molar-refractivity contribution in [2.75, 3.05) is 0 Å². The standard InChI is InChI=1S/C14H17Br2FN4/c1-3-21-13(14(16)8(2)20-21)7-12(19-18)10-6-9(17)4-5-11(10)15/h4-6,12,19H,3,7,18H2,1-2H3. The Bertz CT molecular complexity index is 642. The van der Waals surface area contributed by atoms with Crippen LogP contribution in [0.15, 0.2) is 27.1 Å². The molecule has 0 radical (unpaired) electrons. The third kappa shape index (κ3) is 3.53. The van der Waals surface area contributed by atoms with Crippen molar-refractivity contribution in [3.63, 3.8) is 0 Å². The van der Waals surface area contributed by atoms with Crippen molar-refractivity contribution >= 4 is 31.9 Å². The van der Waals surface area contributed by atoms with Crippen LogP contribution < -0.4 is 11.3 Å². The number of aryl methyl sites for hydroxylation is 2. The van der Waals surface area contributed by atoms with E-state index >= 15 is 0 Å². The molecule has 0 aliphatic rings. The van der Waals surface area contributed by atoms with Crippen LogP contribution in [0.2, 0.25) is 0 Å². The molecule has 1 unspecified atom stereocenters. The van der Waals surface area contributed by atoms with Crippen LogP contribution >= 0.6 is 31.9 Å². The third-order valence-electron chi connectivity index (χ3n) is 3.38. The molecular formula is C14H17Br2FN4. The smallest absolute Gasteiger partial charge is 0.123 e. The van der Waals surface area contributed by atoms with E-state index < -0.39 is 0 Å². The van der Waals surface area contributed by atoms with Crippen molar-refractivity contribution in [3.05, 3.63) is 49.9 Å². The van der Waals surface area contributed by atoms with Gasteiger partial charge in [0, 0.05) is 17.4 Å². The summed E-state index contributed by atoms with van der Waals surface area (Å²) in [5.74, 6) is 5.40. The maximum atomic E-state index is 13.5. The van der Waals surface area contributed by atoms with Crippen LogP contribution in [0.25, 0.3) is 0 Å². The average Bonchev–Trinajstić information content (AvgIpc) is 2.74. The molecule has 0 amide bonds. The monoisotopic (exact) mass is 418 g/mol. The van der Waals surface area contributed by atoms with E-state index in [4.69, 9.17) is 5.84 Å². The first kappa shape index (κ1) is 16.6. The van der Waals surface area contributed by atoms with Crippen LogP contribution in [0.1, 0.15) is 29.9 Å². The zero-order chi connectivity index (χ0) is 15.6. The highest BCUT2D eigenvalue weighted by molar-refractivity contribution is 9.10. The molecule has 0 saturated carbocycles. The van der Waals surface area contributed by atoms with Gasteiger partial charge < -0.3 is 0 Å². The highest BCUT2D eigenvalue weighted by Gasteiger charge is 2.20. The van der Waals surface area contributed by atoms with Gasteiger partial charge in [0.2, 0.25) is 0 Å². The number of hydrogen-bond donors (Lipinski definition) is 2. The lowest BCUT2D eigenvalue weighted by molar-refractivity contribution is 0.510. The molecule has 1 aromatic carbocycles. The largest absolute Gasteiger partial charge is 0.271 e.